The molecule has 0 unspecified atom stereocenters. The van der Waals surface area contributed by atoms with E-state index < -0.39 is 17.6 Å². The first kappa shape index (κ1) is 28.3. The van der Waals surface area contributed by atoms with E-state index in [1.807, 2.05) is 31.0 Å². The van der Waals surface area contributed by atoms with Gasteiger partial charge in [0.25, 0.3) is 11.8 Å². The molecule has 2 aromatic heterocycles. The predicted molar refractivity (Wildman–Crippen MR) is 150 cm³/mol. The molecule has 41 heavy (non-hydrogen) atoms. The van der Waals surface area contributed by atoms with Crippen LogP contribution < -0.4 is 10.6 Å². The van der Waals surface area contributed by atoms with Gasteiger partial charge in [0.2, 0.25) is 0 Å². The van der Waals surface area contributed by atoms with Gasteiger partial charge >= 0.3 is 6.18 Å². The average Bonchev–Trinajstić information content (AvgIpc) is 3.38. The zero-order valence-corrected chi connectivity index (χ0v) is 22.8. The Labute approximate surface area is 235 Å². The van der Waals surface area contributed by atoms with Crippen LogP contribution in [0.5, 0.6) is 0 Å². The van der Waals surface area contributed by atoms with Crippen LogP contribution in [0.2, 0.25) is 0 Å². The number of piperazine rings is 1. The van der Waals surface area contributed by atoms with E-state index in [0.29, 0.717) is 24.3 Å². The maximum absolute atomic E-state index is 14.3. The Balaban J connectivity index is 1.31. The highest BCUT2D eigenvalue weighted by molar-refractivity contribution is 6.05. The summed E-state index contributed by atoms with van der Waals surface area (Å²) in [4.78, 5) is 34.3. The molecule has 0 bridgehead atoms. The molecule has 0 spiro atoms. The third kappa shape index (κ3) is 6.58. The SMILES string of the molecule is Cc1ccc(C(=O)Nc2cccc(CN3CCN(C)CC3)c2C(F)(F)F)cc1CNC(=O)c1cn2ccccc2n1. The summed E-state index contributed by atoms with van der Waals surface area (Å²) in [5.74, 6) is -1.05. The molecule has 5 rings (SSSR count). The number of carbonyl (C=O) groups is 2. The molecule has 8 nitrogen and oxygen atoms in total. The van der Waals surface area contributed by atoms with E-state index in [1.165, 1.54) is 18.2 Å². The molecule has 0 atom stereocenters. The number of amides is 2. The van der Waals surface area contributed by atoms with Gasteiger partial charge in [-0.25, -0.2) is 4.98 Å². The molecule has 3 heterocycles. The fourth-order valence-electron chi connectivity index (χ4n) is 4.93. The maximum atomic E-state index is 14.3. The van der Waals surface area contributed by atoms with Gasteiger partial charge in [0, 0.05) is 57.2 Å². The predicted octanol–water partition coefficient (Wildman–Crippen LogP) is 4.59. The third-order valence-electron chi connectivity index (χ3n) is 7.32. The normalized spacial score (nSPS) is 14.8. The molecule has 2 amide bonds. The van der Waals surface area contributed by atoms with Crippen LogP contribution in [0.1, 0.15) is 43.1 Å². The summed E-state index contributed by atoms with van der Waals surface area (Å²) >= 11 is 0. The minimum atomic E-state index is -4.65. The second-order valence-corrected chi connectivity index (χ2v) is 10.3. The van der Waals surface area contributed by atoms with E-state index >= 15 is 0 Å². The van der Waals surface area contributed by atoms with E-state index in [9.17, 15) is 22.8 Å². The number of likely N-dealkylation sites (N-methyl/N-ethyl adjacent to an activating group) is 1. The summed E-state index contributed by atoms with van der Waals surface area (Å²) in [6, 6.07) is 14.6. The van der Waals surface area contributed by atoms with Gasteiger partial charge in [0.05, 0.1) is 11.3 Å². The van der Waals surface area contributed by atoms with Gasteiger partial charge in [-0.2, -0.15) is 13.2 Å². The molecule has 2 aromatic carbocycles. The summed E-state index contributed by atoms with van der Waals surface area (Å²) in [5, 5.41) is 5.29. The van der Waals surface area contributed by atoms with Gasteiger partial charge in [-0.3, -0.25) is 14.5 Å². The fraction of sp³-hybridized carbons (Fsp3) is 0.300. The molecule has 2 N–H and O–H groups in total. The Morgan fingerprint density at radius 1 is 0.951 bits per heavy atom. The van der Waals surface area contributed by atoms with Crippen LogP contribution in [-0.4, -0.2) is 64.2 Å². The number of nitrogens with zero attached hydrogens (tertiary/aromatic N) is 4. The molecule has 0 aliphatic carbocycles. The molecule has 1 saturated heterocycles. The van der Waals surface area contributed by atoms with Crippen molar-refractivity contribution in [3.8, 4) is 0 Å². The van der Waals surface area contributed by atoms with Crippen LogP contribution in [0.4, 0.5) is 18.9 Å². The van der Waals surface area contributed by atoms with Crippen LogP contribution in [0, 0.1) is 6.92 Å². The number of benzene rings is 2. The van der Waals surface area contributed by atoms with Gasteiger partial charge in [0.1, 0.15) is 11.3 Å². The smallest absolute Gasteiger partial charge is 0.347 e. The highest BCUT2D eigenvalue weighted by Gasteiger charge is 2.37. The fourth-order valence-corrected chi connectivity index (χ4v) is 4.93. The Kier molecular flexibility index (Phi) is 8.09. The van der Waals surface area contributed by atoms with E-state index in [-0.39, 0.29) is 41.5 Å². The van der Waals surface area contributed by atoms with Crippen molar-refractivity contribution < 1.29 is 22.8 Å². The van der Waals surface area contributed by atoms with Gasteiger partial charge < -0.3 is 19.9 Å². The number of carbonyl (C=O) groups excluding carboxylic acids is 2. The van der Waals surface area contributed by atoms with Gasteiger partial charge in [-0.05, 0) is 61.0 Å². The van der Waals surface area contributed by atoms with Crippen molar-refractivity contribution in [3.63, 3.8) is 0 Å². The number of aryl methyl sites for hydroxylation is 1. The largest absolute Gasteiger partial charge is 0.418 e. The van der Waals surface area contributed by atoms with E-state index in [2.05, 4.69) is 20.5 Å². The van der Waals surface area contributed by atoms with Gasteiger partial charge in [-0.1, -0.05) is 24.3 Å². The lowest BCUT2D eigenvalue weighted by Crippen LogP contribution is -2.44. The van der Waals surface area contributed by atoms with Crippen molar-refractivity contribution in [2.24, 2.45) is 0 Å². The molecular formula is C30H31F3N6O2. The lowest BCUT2D eigenvalue weighted by Gasteiger charge is -2.33. The number of aromatic nitrogens is 2. The van der Waals surface area contributed by atoms with Crippen molar-refractivity contribution in [2.45, 2.75) is 26.2 Å². The second-order valence-electron chi connectivity index (χ2n) is 10.3. The number of nitrogens with one attached hydrogen (secondary N) is 2. The molecular weight excluding hydrogens is 533 g/mol. The molecule has 4 aromatic rings. The quantitative estimate of drug-likeness (QED) is 0.343. The van der Waals surface area contributed by atoms with Crippen LogP contribution >= 0.6 is 0 Å². The standard InChI is InChI=1S/C30H31F3N6O2/c1-20-9-10-21(16-23(20)17-34-29(41)25-19-39-11-4-3-8-26(39)35-25)28(40)36-24-7-5-6-22(27(24)30(31,32)33)18-38-14-12-37(2)13-15-38/h3-11,16,19H,12-15,17-18H2,1-2H3,(H,34,41)(H,36,40). The number of alkyl halides is 3. The molecule has 1 aliphatic heterocycles. The zero-order chi connectivity index (χ0) is 29.1. The first-order valence-corrected chi connectivity index (χ1v) is 13.3. The molecule has 0 radical (unpaired) electrons. The monoisotopic (exact) mass is 564 g/mol. The van der Waals surface area contributed by atoms with Crippen molar-refractivity contribution in [1.82, 2.24) is 24.5 Å². The number of fused-ring (bicyclic) bond motifs is 1. The van der Waals surface area contributed by atoms with Crippen molar-refractivity contribution >= 4 is 23.1 Å². The average molecular weight is 565 g/mol. The van der Waals surface area contributed by atoms with Crippen LogP contribution in [0.3, 0.4) is 0 Å². The number of anilines is 1. The number of hydrogen-bond acceptors (Lipinski definition) is 5. The Bertz CT molecular complexity index is 1540. The first-order chi connectivity index (χ1) is 19.6. The van der Waals surface area contributed by atoms with E-state index in [0.717, 1.165) is 18.7 Å². The van der Waals surface area contributed by atoms with Crippen LogP contribution in [0.15, 0.2) is 67.0 Å². The number of pyridine rings is 1. The molecule has 1 fully saturated rings. The molecule has 0 saturated carbocycles. The number of halogens is 3. The number of imidazole rings is 1. The summed E-state index contributed by atoms with van der Waals surface area (Å²) in [6.45, 7) is 5.01. The third-order valence-corrected chi connectivity index (χ3v) is 7.32. The Hall–Kier alpha value is -4.22. The minimum Gasteiger partial charge on any atom is -0.347 e. The van der Waals surface area contributed by atoms with Crippen LogP contribution in [0.25, 0.3) is 5.65 Å². The second kappa shape index (κ2) is 11.7. The molecule has 1 aliphatic rings. The lowest BCUT2D eigenvalue weighted by molar-refractivity contribution is -0.137. The topological polar surface area (TPSA) is 82.0 Å². The van der Waals surface area contributed by atoms with Gasteiger partial charge in [-0.15, -0.1) is 0 Å². The summed E-state index contributed by atoms with van der Waals surface area (Å²) < 4.78 is 44.5. The molecule has 11 heteroatoms. The zero-order valence-electron chi connectivity index (χ0n) is 22.8. The molecule has 214 valence electrons. The lowest BCUT2D eigenvalue weighted by atomic mass is 10.0. The summed E-state index contributed by atoms with van der Waals surface area (Å²) in [6.07, 6.45) is -1.23. The Morgan fingerprint density at radius 2 is 1.73 bits per heavy atom. The highest BCUT2D eigenvalue weighted by Crippen LogP contribution is 2.38. The number of rotatable bonds is 7. The summed E-state index contributed by atoms with van der Waals surface area (Å²) in [5.41, 5.74) is 1.56. The van der Waals surface area contributed by atoms with Gasteiger partial charge in [0.15, 0.2) is 0 Å². The van der Waals surface area contributed by atoms with Crippen LogP contribution in [-0.2, 0) is 19.3 Å². The van der Waals surface area contributed by atoms with E-state index in [4.69, 9.17) is 0 Å². The minimum absolute atomic E-state index is 0.119. The van der Waals surface area contributed by atoms with E-state index in [1.54, 1.807) is 41.1 Å². The van der Waals surface area contributed by atoms with Crippen molar-refractivity contribution in [3.05, 3.63) is 101 Å². The summed E-state index contributed by atoms with van der Waals surface area (Å²) in [7, 11) is 1.99. The Morgan fingerprint density at radius 3 is 2.46 bits per heavy atom. The highest BCUT2D eigenvalue weighted by atomic mass is 19.4. The van der Waals surface area contributed by atoms with Crippen molar-refractivity contribution in [1.29, 1.82) is 0 Å². The first-order valence-electron chi connectivity index (χ1n) is 13.3. The number of hydrogen-bond donors (Lipinski definition) is 2. The van der Waals surface area contributed by atoms with Crippen molar-refractivity contribution in [2.75, 3.05) is 38.5 Å². The maximum Gasteiger partial charge on any atom is 0.418 e.